The fourth-order valence-electron chi connectivity index (χ4n) is 20.9. The van der Waals surface area contributed by atoms with Crippen molar-refractivity contribution in [1.29, 1.82) is 0 Å². The maximum atomic E-state index is 6.78. The molecule has 10 heteroatoms. The minimum atomic E-state index is -0.652. The number of hydrogen-bond acceptors (Lipinski definition) is 8. The number of ether oxygens (including phenoxy) is 2. The number of rotatable bonds is 9. The van der Waals surface area contributed by atoms with Gasteiger partial charge >= 0.3 is 0 Å². The van der Waals surface area contributed by atoms with Crippen molar-refractivity contribution in [2.24, 2.45) is 0 Å². The van der Waals surface area contributed by atoms with Crippen LogP contribution in [0, 0.1) is 0 Å². The van der Waals surface area contributed by atoms with Crippen LogP contribution in [0.2, 0.25) is 0 Å². The first-order valence-corrected chi connectivity index (χ1v) is 41.5. The summed E-state index contributed by atoms with van der Waals surface area (Å²) in [5.41, 5.74) is 26.9. The van der Waals surface area contributed by atoms with Gasteiger partial charge in [-0.15, -0.1) is 0 Å². The first-order valence-electron chi connectivity index (χ1n) is 41.5. The summed E-state index contributed by atoms with van der Waals surface area (Å²) in [6.07, 6.45) is 0. The number of fused-ring (bicyclic) bond motifs is 28. The standard InChI is InChI=1S/C112H66N8O2/c1-3-27-70(28-4-1)105-113-107(116-109(115-105)75-61-63-76-74(66-75)62-65-95-100(76)80-34-11-18-44-91(80)119(95)93-46-24-42-89-102(93)78-32-9-12-36-83(78)111(89)85-38-14-19-48-96(85)121-97-49-20-15-39-86(97)111)72-56-52-67(53-57-72)68-54-58-73(59-55-68)108-114-106(71-29-5-2-6-30-71)117-110(118-108)82-35-23-45-92-101(82)81-64-60-69-26-7-8-31-77(69)104(81)120(92)94-47-25-43-90-103(94)79-33-10-13-37-84(79)112(90)87-40-16-21-50-98(87)122-99-51-22-17-41-88(99)112/h1-66H. The summed E-state index contributed by atoms with van der Waals surface area (Å²) >= 11 is 0. The second kappa shape index (κ2) is 26.1. The lowest BCUT2D eigenvalue weighted by molar-refractivity contribution is 0.436. The molecule has 18 aromatic carbocycles. The molecule has 0 radical (unpaired) electrons. The Balaban J connectivity index is 0.560. The van der Waals surface area contributed by atoms with E-state index in [0.717, 1.165) is 156 Å². The molecular formula is C112H66N8O2. The third-order valence-electron chi connectivity index (χ3n) is 26.0. The molecule has 0 amide bonds. The van der Waals surface area contributed by atoms with Crippen molar-refractivity contribution in [2.45, 2.75) is 10.8 Å². The van der Waals surface area contributed by atoms with E-state index in [0.29, 0.717) is 34.9 Å². The van der Waals surface area contributed by atoms with Crippen LogP contribution in [-0.4, -0.2) is 39.0 Å². The van der Waals surface area contributed by atoms with E-state index in [9.17, 15) is 0 Å². The molecule has 26 rings (SSSR count). The Morgan fingerprint density at radius 3 is 1.11 bits per heavy atom. The molecule has 4 aliphatic rings. The summed E-state index contributed by atoms with van der Waals surface area (Å²) in [6.45, 7) is 0. The van der Waals surface area contributed by atoms with Gasteiger partial charge in [-0.3, -0.25) is 0 Å². The summed E-state index contributed by atoms with van der Waals surface area (Å²) in [7, 11) is 0. The quantitative estimate of drug-likeness (QED) is 0.141. The van der Waals surface area contributed by atoms with Crippen LogP contribution >= 0.6 is 0 Å². The number of para-hydroxylation sites is 5. The molecule has 4 aromatic heterocycles. The zero-order chi connectivity index (χ0) is 79.9. The molecule has 0 saturated carbocycles. The molecule has 0 bridgehead atoms. The minimum absolute atomic E-state index is 0.565. The van der Waals surface area contributed by atoms with Gasteiger partial charge < -0.3 is 18.6 Å². The summed E-state index contributed by atoms with van der Waals surface area (Å²) in [4.78, 5) is 32.1. The van der Waals surface area contributed by atoms with E-state index in [-0.39, 0.29) is 0 Å². The molecule has 0 atom stereocenters. The van der Waals surface area contributed by atoms with E-state index in [4.69, 9.17) is 39.4 Å². The molecule has 0 fully saturated rings. The molecule has 22 aromatic rings. The zero-order valence-electron chi connectivity index (χ0n) is 65.5. The predicted octanol–water partition coefficient (Wildman–Crippen LogP) is 27.2. The Morgan fingerprint density at radius 2 is 0.574 bits per heavy atom. The van der Waals surface area contributed by atoms with E-state index < -0.39 is 10.8 Å². The Morgan fingerprint density at radius 1 is 0.205 bits per heavy atom. The monoisotopic (exact) mass is 1550 g/mol. The minimum Gasteiger partial charge on any atom is -0.457 e. The van der Waals surface area contributed by atoms with E-state index in [2.05, 4.69) is 373 Å². The van der Waals surface area contributed by atoms with E-state index in [1.165, 1.54) is 55.3 Å². The van der Waals surface area contributed by atoms with Gasteiger partial charge in [0.15, 0.2) is 34.9 Å². The molecule has 122 heavy (non-hydrogen) atoms. The topological polar surface area (TPSA) is 106 Å². The van der Waals surface area contributed by atoms with Crippen molar-refractivity contribution in [3.05, 3.63) is 445 Å². The Labute approximate surface area is 700 Å². The highest BCUT2D eigenvalue weighted by molar-refractivity contribution is 6.24. The number of aromatic nitrogens is 8. The molecule has 2 aliphatic carbocycles. The van der Waals surface area contributed by atoms with Gasteiger partial charge in [0.1, 0.15) is 23.0 Å². The first kappa shape index (κ1) is 67.8. The van der Waals surface area contributed by atoms with Gasteiger partial charge in [0, 0.05) is 93.7 Å². The number of hydrogen-bond donors (Lipinski definition) is 0. The van der Waals surface area contributed by atoms with Crippen LogP contribution in [0.3, 0.4) is 0 Å². The third-order valence-corrected chi connectivity index (χ3v) is 26.0. The summed E-state index contributed by atoms with van der Waals surface area (Å²) < 4.78 is 18.5. The average molecular weight is 1560 g/mol. The van der Waals surface area contributed by atoms with Crippen molar-refractivity contribution >= 4 is 65.2 Å². The molecule has 0 saturated heterocycles. The smallest absolute Gasteiger partial charge is 0.164 e. The average Bonchev–Trinajstić information content (AvgIpc) is 1.51. The maximum Gasteiger partial charge on any atom is 0.164 e. The Bertz CT molecular complexity index is 8120. The van der Waals surface area contributed by atoms with Crippen LogP contribution in [0.1, 0.15) is 44.5 Å². The van der Waals surface area contributed by atoms with Crippen LogP contribution in [0.25, 0.3) is 178 Å². The Hall–Kier alpha value is -16.3. The van der Waals surface area contributed by atoms with Crippen LogP contribution in [-0.2, 0) is 10.8 Å². The van der Waals surface area contributed by atoms with Gasteiger partial charge in [0.05, 0.1) is 44.3 Å². The van der Waals surface area contributed by atoms with Gasteiger partial charge in [-0.25, -0.2) is 29.9 Å². The van der Waals surface area contributed by atoms with Gasteiger partial charge in [-0.2, -0.15) is 0 Å². The summed E-state index contributed by atoms with van der Waals surface area (Å²) in [6, 6.07) is 143. The van der Waals surface area contributed by atoms with Crippen molar-refractivity contribution in [2.75, 3.05) is 0 Å². The van der Waals surface area contributed by atoms with Crippen LogP contribution < -0.4 is 9.47 Å². The molecule has 0 N–H and O–H groups in total. The lowest BCUT2D eigenvalue weighted by atomic mass is 9.66. The molecular weight excluding hydrogens is 1490 g/mol. The maximum absolute atomic E-state index is 6.78. The van der Waals surface area contributed by atoms with Crippen LogP contribution in [0.5, 0.6) is 23.0 Å². The second-order valence-electron chi connectivity index (χ2n) is 32.1. The van der Waals surface area contributed by atoms with Gasteiger partial charge in [-0.1, -0.05) is 340 Å². The molecule has 566 valence electrons. The number of benzene rings is 18. The van der Waals surface area contributed by atoms with Gasteiger partial charge in [0.25, 0.3) is 0 Å². The van der Waals surface area contributed by atoms with Gasteiger partial charge in [-0.05, 0) is 121 Å². The fraction of sp³-hybridized carbons (Fsp3) is 0.0179. The van der Waals surface area contributed by atoms with E-state index in [1.807, 2.05) is 36.4 Å². The van der Waals surface area contributed by atoms with Crippen molar-refractivity contribution in [1.82, 2.24) is 39.0 Å². The molecule has 6 heterocycles. The Kier molecular flexibility index (Phi) is 14.5. The fourth-order valence-corrected chi connectivity index (χ4v) is 20.9. The van der Waals surface area contributed by atoms with Gasteiger partial charge in [0.2, 0.25) is 0 Å². The largest absolute Gasteiger partial charge is 0.457 e. The lowest BCUT2D eigenvalue weighted by Gasteiger charge is -2.39. The predicted molar refractivity (Wildman–Crippen MR) is 490 cm³/mol. The highest BCUT2D eigenvalue weighted by Crippen LogP contribution is 2.66. The van der Waals surface area contributed by atoms with Crippen LogP contribution in [0.15, 0.2) is 400 Å². The van der Waals surface area contributed by atoms with Crippen molar-refractivity contribution < 1.29 is 9.47 Å². The third kappa shape index (κ3) is 9.65. The normalized spacial score (nSPS) is 13.3. The second-order valence-corrected chi connectivity index (χ2v) is 32.1. The van der Waals surface area contributed by atoms with E-state index >= 15 is 0 Å². The lowest BCUT2D eigenvalue weighted by Crippen LogP contribution is -2.32. The zero-order valence-corrected chi connectivity index (χ0v) is 65.5. The van der Waals surface area contributed by atoms with E-state index in [1.54, 1.807) is 0 Å². The number of nitrogens with zero attached hydrogens (tertiary/aromatic N) is 8. The molecule has 0 unspecified atom stereocenters. The first-order chi connectivity index (χ1) is 60.5. The molecule has 2 spiro atoms. The molecule has 2 aliphatic heterocycles. The van der Waals surface area contributed by atoms with Crippen molar-refractivity contribution in [3.8, 4) is 136 Å². The van der Waals surface area contributed by atoms with Crippen LogP contribution in [0.4, 0.5) is 0 Å². The highest BCUT2D eigenvalue weighted by atomic mass is 16.5. The molecule has 10 nitrogen and oxygen atoms in total. The van der Waals surface area contributed by atoms with Crippen molar-refractivity contribution in [3.63, 3.8) is 0 Å². The SMILES string of the molecule is c1ccc(-c2nc(-c3ccc(-c4ccc(-c5nc(-c6ccccc6)nc(-c6cccc7c6c6ccc8ccccc8c6n7-c6cccc7c6-c6ccccc6C76c7ccccc7Oc7ccccc76)n5)cc4)cc3)nc(-c3ccc4c(ccc5c4c4ccccc4n5-c4cccc5c4-c4ccccc4C54c5ccccc5Oc5ccccc54)c3)n2)cc1. The summed E-state index contributed by atoms with van der Waals surface area (Å²) in [5.74, 6) is 6.93. The summed E-state index contributed by atoms with van der Waals surface area (Å²) in [5, 5.41) is 9.01. The highest BCUT2D eigenvalue weighted by Gasteiger charge is 2.54.